The van der Waals surface area contributed by atoms with Crippen molar-refractivity contribution in [1.82, 2.24) is 4.98 Å². The molecule has 49 heavy (non-hydrogen) atoms. The number of rotatable bonds is 2. The highest BCUT2D eigenvalue weighted by Gasteiger charge is 2.52. The van der Waals surface area contributed by atoms with E-state index in [4.69, 9.17) is 0 Å². The standard InChI is InChI=1S/C47H30N2/c1-2-13-33(14-3-1)49-44-20-10-7-17-39(44)47(40-18-8-11-21-45(40)49)38-25-23-31(29-37(38)46-34-15-5-4-12-30(34)22-26-41(46)47)32-24-27-43-36(28-32)35-16-6-9-19-42(35)48-43/h1-29,48H. The van der Waals surface area contributed by atoms with Crippen molar-refractivity contribution in [2.24, 2.45) is 0 Å². The first-order chi connectivity index (χ1) is 24.3. The van der Waals surface area contributed by atoms with E-state index >= 15 is 0 Å². The summed E-state index contributed by atoms with van der Waals surface area (Å²) >= 11 is 0. The molecule has 0 unspecified atom stereocenters. The van der Waals surface area contributed by atoms with Crippen molar-refractivity contribution in [3.8, 4) is 22.3 Å². The number of H-pyrrole nitrogens is 1. The highest BCUT2D eigenvalue weighted by Crippen LogP contribution is 2.64. The second-order valence-electron chi connectivity index (χ2n) is 13.4. The Morgan fingerprint density at radius 2 is 1.02 bits per heavy atom. The van der Waals surface area contributed by atoms with Crippen molar-refractivity contribution in [3.05, 3.63) is 198 Å². The smallest absolute Gasteiger partial charge is 0.0754 e. The number of hydrogen-bond acceptors (Lipinski definition) is 1. The van der Waals surface area contributed by atoms with Gasteiger partial charge in [-0.15, -0.1) is 0 Å². The van der Waals surface area contributed by atoms with Crippen LogP contribution in [0.5, 0.6) is 0 Å². The lowest BCUT2D eigenvalue weighted by molar-refractivity contribution is 0.753. The van der Waals surface area contributed by atoms with E-state index in [1.54, 1.807) is 0 Å². The molecule has 1 spiro atoms. The second-order valence-corrected chi connectivity index (χ2v) is 13.4. The van der Waals surface area contributed by atoms with Crippen molar-refractivity contribution in [2.45, 2.75) is 5.41 Å². The molecule has 0 amide bonds. The number of nitrogens with zero attached hydrogens (tertiary/aromatic N) is 1. The van der Waals surface area contributed by atoms with Gasteiger partial charge >= 0.3 is 0 Å². The maximum atomic E-state index is 3.60. The third-order valence-corrected chi connectivity index (χ3v) is 11.0. The van der Waals surface area contributed by atoms with Crippen LogP contribution >= 0.6 is 0 Å². The maximum absolute atomic E-state index is 3.60. The molecule has 0 saturated carbocycles. The van der Waals surface area contributed by atoms with Crippen LogP contribution < -0.4 is 4.90 Å². The van der Waals surface area contributed by atoms with Gasteiger partial charge < -0.3 is 9.88 Å². The molecule has 0 bridgehead atoms. The van der Waals surface area contributed by atoms with Gasteiger partial charge in [0.05, 0.1) is 16.8 Å². The van der Waals surface area contributed by atoms with Gasteiger partial charge in [-0.05, 0) is 104 Å². The number of para-hydroxylation sites is 4. The molecular formula is C47H30N2. The lowest BCUT2D eigenvalue weighted by atomic mass is 9.64. The molecule has 0 radical (unpaired) electrons. The van der Waals surface area contributed by atoms with Crippen LogP contribution in [0.4, 0.5) is 17.1 Å². The summed E-state index contributed by atoms with van der Waals surface area (Å²) in [5.41, 5.74) is 15.8. The van der Waals surface area contributed by atoms with E-state index in [1.807, 2.05) is 0 Å². The Balaban J connectivity index is 1.23. The van der Waals surface area contributed by atoms with Crippen molar-refractivity contribution in [3.63, 3.8) is 0 Å². The first-order valence-electron chi connectivity index (χ1n) is 17.0. The van der Waals surface area contributed by atoms with Crippen LogP contribution in [-0.4, -0.2) is 4.98 Å². The van der Waals surface area contributed by atoms with Gasteiger partial charge in [0, 0.05) is 27.5 Å². The minimum absolute atomic E-state index is 0.480. The highest BCUT2D eigenvalue weighted by atomic mass is 15.2. The van der Waals surface area contributed by atoms with Gasteiger partial charge in [-0.3, -0.25) is 0 Å². The van der Waals surface area contributed by atoms with Gasteiger partial charge in [0.15, 0.2) is 0 Å². The Morgan fingerprint density at radius 1 is 0.408 bits per heavy atom. The van der Waals surface area contributed by atoms with E-state index in [0.29, 0.717) is 0 Å². The zero-order chi connectivity index (χ0) is 32.1. The number of fused-ring (bicyclic) bond motifs is 14. The molecule has 1 aromatic heterocycles. The molecule has 1 aliphatic heterocycles. The average Bonchev–Trinajstić information content (AvgIpc) is 3.69. The summed E-state index contributed by atoms with van der Waals surface area (Å²) in [7, 11) is 0. The van der Waals surface area contributed by atoms with E-state index in [2.05, 4.69) is 186 Å². The number of nitrogens with one attached hydrogen (secondary N) is 1. The van der Waals surface area contributed by atoms with E-state index in [9.17, 15) is 0 Å². The molecule has 1 aliphatic carbocycles. The zero-order valence-electron chi connectivity index (χ0n) is 26.7. The molecule has 0 atom stereocenters. The molecule has 2 nitrogen and oxygen atoms in total. The number of aromatic amines is 1. The van der Waals surface area contributed by atoms with Gasteiger partial charge in [0.25, 0.3) is 0 Å². The predicted molar refractivity (Wildman–Crippen MR) is 204 cm³/mol. The molecule has 2 heteroatoms. The quantitative estimate of drug-likeness (QED) is 0.203. The van der Waals surface area contributed by atoms with E-state index in [1.165, 1.54) is 88.5 Å². The summed E-state index contributed by atoms with van der Waals surface area (Å²) in [6, 6.07) is 65.1. The van der Waals surface area contributed by atoms with Crippen LogP contribution in [0.2, 0.25) is 0 Å². The van der Waals surface area contributed by atoms with Crippen LogP contribution in [0, 0.1) is 0 Å². The van der Waals surface area contributed by atoms with E-state index < -0.39 is 5.41 Å². The molecule has 8 aromatic carbocycles. The summed E-state index contributed by atoms with van der Waals surface area (Å²) in [5.74, 6) is 0. The number of benzene rings is 8. The fourth-order valence-corrected chi connectivity index (χ4v) is 8.99. The Labute approximate surface area is 284 Å². The lowest BCUT2D eigenvalue weighted by Gasteiger charge is -2.45. The van der Waals surface area contributed by atoms with Crippen molar-refractivity contribution >= 4 is 49.6 Å². The highest BCUT2D eigenvalue weighted by molar-refractivity contribution is 6.09. The van der Waals surface area contributed by atoms with Gasteiger partial charge in [-0.25, -0.2) is 0 Å². The van der Waals surface area contributed by atoms with Gasteiger partial charge in [-0.1, -0.05) is 127 Å². The van der Waals surface area contributed by atoms with Crippen molar-refractivity contribution < 1.29 is 0 Å². The Kier molecular flexibility index (Phi) is 5.34. The molecule has 0 fully saturated rings. The average molecular weight is 623 g/mol. The topological polar surface area (TPSA) is 19.0 Å². The van der Waals surface area contributed by atoms with Crippen LogP contribution in [0.1, 0.15) is 22.3 Å². The zero-order valence-corrected chi connectivity index (χ0v) is 26.7. The summed E-state index contributed by atoms with van der Waals surface area (Å²) in [6.45, 7) is 0. The predicted octanol–water partition coefficient (Wildman–Crippen LogP) is 12.3. The Morgan fingerprint density at radius 3 is 1.84 bits per heavy atom. The molecule has 2 aliphatic rings. The third kappa shape index (κ3) is 3.50. The van der Waals surface area contributed by atoms with Crippen LogP contribution in [0.25, 0.3) is 54.8 Å². The van der Waals surface area contributed by atoms with E-state index in [-0.39, 0.29) is 0 Å². The summed E-state index contributed by atoms with van der Waals surface area (Å²) < 4.78 is 0. The molecule has 228 valence electrons. The van der Waals surface area contributed by atoms with E-state index in [0.717, 1.165) is 5.69 Å². The van der Waals surface area contributed by atoms with Gasteiger partial charge in [0.1, 0.15) is 0 Å². The summed E-state index contributed by atoms with van der Waals surface area (Å²) in [4.78, 5) is 6.04. The molecule has 0 saturated heterocycles. The van der Waals surface area contributed by atoms with Crippen molar-refractivity contribution in [1.29, 1.82) is 0 Å². The normalized spacial score (nSPS) is 13.8. The molecule has 1 N–H and O–H groups in total. The SMILES string of the molecule is c1ccc(N2c3ccccc3C3(c4ccc(-c5ccc6[nH]c7ccccc7c6c5)cc4-c4c3ccc3ccccc43)c3ccccc32)cc1. The van der Waals surface area contributed by atoms with Crippen LogP contribution in [0.15, 0.2) is 176 Å². The van der Waals surface area contributed by atoms with Crippen LogP contribution in [-0.2, 0) is 5.41 Å². The second kappa shape index (κ2) is 9.82. The van der Waals surface area contributed by atoms with Gasteiger partial charge in [0.2, 0.25) is 0 Å². The fraction of sp³-hybridized carbons (Fsp3) is 0.0213. The molecule has 9 aromatic rings. The Bertz CT molecular complexity index is 2740. The third-order valence-electron chi connectivity index (χ3n) is 11.0. The number of anilines is 3. The lowest BCUT2D eigenvalue weighted by Crippen LogP contribution is -2.36. The summed E-state index contributed by atoms with van der Waals surface area (Å²) in [6.07, 6.45) is 0. The molecule has 11 rings (SSSR count). The maximum Gasteiger partial charge on any atom is 0.0754 e. The van der Waals surface area contributed by atoms with Crippen molar-refractivity contribution in [2.75, 3.05) is 4.90 Å². The Hall–Kier alpha value is -6.38. The van der Waals surface area contributed by atoms with Crippen LogP contribution in [0.3, 0.4) is 0 Å². The molecule has 2 heterocycles. The first kappa shape index (κ1) is 26.7. The fourth-order valence-electron chi connectivity index (χ4n) is 8.99. The number of hydrogen-bond donors (Lipinski definition) is 1. The first-order valence-corrected chi connectivity index (χ1v) is 17.0. The minimum atomic E-state index is -0.480. The monoisotopic (exact) mass is 622 g/mol. The largest absolute Gasteiger partial charge is 0.355 e. The minimum Gasteiger partial charge on any atom is -0.355 e. The molecular weight excluding hydrogens is 593 g/mol. The summed E-state index contributed by atoms with van der Waals surface area (Å²) in [5, 5.41) is 5.07. The van der Waals surface area contributed by atoms with Gasteiger partial charge in [-0.2, -0.15) is 0 Å². The number of aromatic nitrogens is 1.